The number of ether oxygens (including phenoxy) is 2. The third-order valence-corrected chi connectivity index (χ3v) is 2.48. The fourth-order valence-corrected chi connectivity index (χ4v) is 1.52. The zero-order valence-electron chi connectivity index (χ0n) is 11.7. The molecular weight excluding hydrogens is 258 g/mol. The van der Waals surface area contributed by atoms with Crippen LogP contribution in [0.1, 0.15) is 11.1 Å². The minimum atomic E-state index is -0.213. The fourth-order valence-electron chi connectivity index (χ4n) is 1.52. The minimum absolute atomic E-state index is 0.00548. The van der Waals surface area contributed by atoms with Crippen molar-refractivity contribution in [3.8, 4) is 11.8 Å². The number of rotatable bonds is 6. The van der Waals surface area contributed by atoms with Crippen LogP contribution in [0.4, 0.5) is 5.69 Å². The lowest BCUT2D eigenvalue weighted by molar-refractivity contribution is -0.121. The molecule has 0 saturated carbocycles. The molecule has 0 heterocycles. The Morgan fingerprint density at radius 2 is 2.20 bits per heavy atom. The molecule has 5 heteroatoms. The smallest absolute Gasteiger partial charge is 0.250 e. The van der Waals surface area contributed by atoms with Crippen molar-refractivity contribution in [2.75, 3.05) is 38.9 Å². The summed E-state index contributed by atoms with van der Waals surface area (Å²) < 4.78 is 9.94. The molecule has 5 nitrogen and oxygen atoms in total. The molecule has 0 bridgehead atoms. The van der Waals surface area contributed by atoms with Gasteiger partial charge in [-0.1, -0.05) is 11.8 Å². The number of carbonyl (C=O) groups is 1. The van der Waals surface area contributed by atoms with Gasteiger partial charge in [0.2, 0.25) is 5.91 Å². The van der Waals surface area contributed by atoms with E-state index in [1.54, 1.807) is 19.2 Å². The van der Waals surface area contributed by atoms with E-state index >= 15 is 0 Å². The van der Waals surface area contributed by atoms with Crippen molar-refractivity contribution in [3.63, 3.8) is 0 Å². The van der Waals surface area contributed by atoms with Gasteiger partial charge in [-0.2, -0.15) is 0 Å². The number of anilines is 1. The number of amides is 1. The van der Waals surface area contributed by atoms with Gasteiger partial charge in [-0.15, -0.1) is 0 Å². The molecule has 0 unspecified atom stereocenters. The average Bonchev–Trinajstić information content (AvgIpc) is 2.43. The Bertz CT molecular complexity index is 502. The number of aliphatic hydroxyl groups excluding tert-OH is 1. The van der Waals surface area contributed by atoms with Crippen LogP contribution in [-0.2, 0) is 14.3 Å². The maximum atomic E-state index is 11.6. The van der Waals surface area contributed by atoms with Gasteiger partial charge in [0.15, 0.2) is 0 Å². The van der Waals surface area contributed by atoms with E-state index in [2.05, 4.69) is 17.2 Å². The summed E-state index contributed by atoms with van der Waals surface area (Å²) in [5, 5.41) is 11.4. The third kappa shape index (κ3) is 5.85. The first-order chi connectivity index (χ1) is 9.67. The van der Waals surface area contributed by atoms with E-state index in [1.807, 2.05) is 13.0 Å². The second-order valence-corrected chi connectivity index (χ2v) is 4.08. The van der Waals surface area contributed by atoms with Crippen molar-refractivity contribution >= 4 is 11.6 Å². The van der Waals surface area contributed by atoms with Gasteiger partial charge in [0.25, 0.3) is 0 Å². The van der Waals surface area contributed by atoms with Crippen LogP contribution in [0.25, 0.3) is 0 Å². The normalized spacial score (nSPS) is 9.75. The summed E-state index contributed by atoms with van der Waals surface area (Å²) in [7, 11) is 1.58. The first-order valence-electron chi connectivity index (χ1n) is 6.24. The number of methoxy groups -OCH3 is 1. The summed E-state index contributed by atoms with van der Waals surface area (Å²) in [5.74, 6) is 5.22. The quantitative estimate of drug-likeness (QED) is 0.600. The summed E-state index contributed by atoms with van der Waals surface area (Å²) >= 11 is 0. The monoisotopic (exact) mass is 277 g/mol. The van der Waals surface area contributed by atoms with Crippen molar-refractivity contribution in [1.82, 2.24) is 0 Å². The lowest BCUT2D eigenvalue weighted by atomic mass is 10.1. The maximum absolute atomic E-state index is 11.6. The van der Waals surface area contributed by atoms with Gasteiger partial charge in [0.1, 0.15) is 13.2 Å². The Morgan fingerprint density at radius 1 is 1.40 bits per heavy atom. The SMILES string of the molecule is COCCOCC(=O)Nc1ccc(C#CCO)c(C)c1. The Hall–Kier alpha value is -1.87. The second kappa shape index (κ2) is 9.10. The number of aryl methyl sites for hydroxylation is 1. The van der Waals surface area contributed by atoms with Crippen LogP contribution in [0.3, 0.4) is 0 Å². The van der Waals surface area contributed by atoms with Crippen molar-refractivity contribution in [2.24, 2.45) is 0 Å². The molecule has 1 aromatic rings. The molecule has 0 atom stereocenters. The van der Waals surface area contributed by atoms with Gasteiger partial charge in [-0.3, -0.25) is 4.79 Å². The van der Waals surface area contributed by atoms with E-state index in [-0.39, 0.29) is 19.1 Å². The van der Waals surface area contributed by atoms with E-state index < -0.39 is 0 Å². The molecule has 0 radical (unpaired) electrons. The Balaban J connectivity index is 2.52. The molecule has 1 rings (SSSR count). The molecular formula is C15H19NO4. The predicted molar refractivity (Wildman–Crippen MR) is 76.5 cm³/mol. The highest BCUT2D eigenvalue weighted by atomic mass is 16.5. The molecule has 1 aromatic carbocycles. The van der Waals surface area contributed by atoms with E-state index in [4.69, 9.17) is 14.6 Å². The number of nitrogens with one attached hydrogen (secondary N) is 1. The molecule has 0 spiro atoms. The fraction of sp³-hybridized carbons (Fsp3) is 0.400. The molecule has 1 amide bonds. The van der Waals surface area contributed by atoms with E-state index in [0.29, 0.717) is 18.9 Å². The van der Waals surface area contributed by atoms with Crippen molar-refractivity contribution < 1.29 is 19.4 Å². The molecule has 20 heavy (non-hydrogen) atoms. The molecule has 108 valence electrons. The molecule has 0 fully saturated rings. The lowest BCUT2D eigenvalue weighted by Gasteiger charge is -2.07. The van der Waals surface area contributed by atoms with Crippen LogP contribution in [0.15, 0.2) is 18.2 Å². The first kappa shape index (κ1) is 16.2. The van der Waals surface area contributed by atoms with Gasteiger partial charge in [0.05, 0.1) is 13.2 Å². The van der Waals surface area contributed by atoms with Gasteiger partial charge in [-0.25, -0.2) is 0 Å². The number of benzene rings is 1. The highest BCUT2D eigenvalue weighted by Crippen LogP contribution is 2.14. The molecule has 0 saturated heterocycles. The van der Waals surface area contributed by atoms with E-state index in [1.165, 1.54) is 0 Å². The predicted octanol–water partition coefficient (Wildman–Crippen LogP) is 0.940. The topological polar surface area (TPSA) is 67.8 Å². The standard InChI is InChI=1S/C15H19NO4/c1-12-10-14(6-5-13(12)4-3-7-17)16-15(18)11-20-9-8-19-2/h5-6,10,17H,7-9,11H2,1-2H3,(H,16,18). The molecule has 0 aliphatic heterocycles. The molecule has 0 aromatic heterocycles. The zero-order valence-corrected chi connectivity index (χ0v) is 11.7. The maximum Gasteiger partial charge on any atom is 0.250 e. The van der Waals surface area contributed by atoms with E-state index in [9.17, 15) is 4.79 Å². The Morgan fingerprint density at radius 3 is 2.85 bits per heavy atom. The third-order valence-electron chi connectivity index (χ3n) is 2.48. The average molecular weight is 277 g/mol. The van der Waals surface area contributed by atoms with Gasteiger partial charge >= 0.3 is 0 Å². The van der Waals surface area contributed by atoms with Crippen molar-refractivity contribution in [2.45, 2.75) is 6.92 Å². The summed E-state index contributed by atoms with van der Waals surface area (Å²) in [6.07, 6.45) is 0. The Labute approximate surface area is 118 Å². The van der Waals surface area contributed by atoms with Crippen LogP contribution >= 0.6 is 0 Å². The molecule has 2 N–H and O–H groups in total. The number of hydrogen-bond acceptors (Lipinski definition) is 4. The molecule has 0 aliphatic rings. The highest BCUT2D eigenvalue weighted by molar-refractivity contribution is 5.91. The van der Waals surface area contributed by atoms with Crippen molar-refractivity contribution in [1.29, 1.82) is 0 Å². The number of hydrogen-bond donors (Lipinski definition) is 2. The zero-order chi connectivity index (χ0) is 14.8. The van der Waals surface area contributed by atoms with Gasteiger partial charge in [0, 0.05) is 18.4 Å². The van der Waals surface area contributed by atoms with Crippen molar-refractivity contribution in [3.05, 3.63) is 29.3 Å². The minimum Gasteiger partial charge on any atom is -0.384 e. The second-order valence-electron chi connectivity index (χ2n) is 4.08. The summed E-state index contributed by atoms with van der Waals surface area (Å²) in [4.78, 5) is 11.6. The lowest BCUT2D eigenvalue weighted by Crippen LogP contribution is -2.19. The molecule has 0 aliphatic carbocycles. The largest absolute Gasteiger partial charge is 0.384 e. The number of carbonyl (C=O) groups excluding carboxylic acids is 1. The van der Waals surface area contributed by atoms with Crippen LogP contribution in [0, 0.1) is 18.8 Å². The summed E-state index contributed by atoms with van der Waals surface area (Å²) in [6, 6.07) is 5.40. The van der Waals surface area contributed by atoms with Gasteiger partial charge < -0.3 is 19.9 Å². The Kier molecular flexibility index (Phi) is 7.36. The van der Waals surface area contributed by atoms with Crippen LogP contribution in [0.5, 0.6) is 0 Å². The summed E-state index contributed by atoms with van der Waals surface area (Å²) in [5.41, 5.74) is 2.45. The van der Waals surface area contributed by atoms with E-state index in [0.717, 1.165) is 11.1 Å². The first-order valence-corrected chi connectivity index (χ1v) is 6.24. The number of aliphatic hydroxyl groups is 1. The van der Waals surface area contributed by atoms with Gasteiger partial charge in [-0.05, 0) is 30.7 Å². The summed E-state index contributed by atoms with van der Waals surface area (Å²) in [6.45, 7) is 2.57. The van der Waals surface area contributed by atoms with Crippen LogP contribution < -0.4 is 5.32 Å². The highest BCUT2D eigenvalue weighted by Gasteiger charge is 2.04. The van der Waals surface area contributed by atoms with Crippen LogP contribution in [-0.4, -0.2) is 44.6 Å². The van der Waals surface area contributed by atoms with Crippen LogP contribution in [0.2, 0.25) is 0 Å².